The third kappa shape index (κ3) is 1.64. The molecule has 1 aromatic heterocycles. The molecule has 0 amide bonds. The zero-order valence-electron chi connectivity index (χ0n) is 8.06. The molecule has 2 rings (SSSR count). The van der Waals surface area contributed by atoms with Crippen molar-refractivity contribution in [2.75, 3.05) is 11.5 Å². The smallest absolute Gasteiger partial charge is 0.180 e. The van der Waals surface area contributed by atoms with Crippen molar-refractivity contribution < 1.29 is 5.11 Å². The third-order valence-corrected chi connectivity index (χ3v) is 5.10. The molecule has 0 bridgehead atoms. The van der Waals surface area contributed by atoms with Crippen molar-refractivity contribution in [1.29, 1.82) is 0 Å². The molecular weight excluding hydrogens is 216 g/mol. The zero-order valence-corrected chi connectivity index (χ0v) is 9.70. The predicted octanol–water partition coefficient (Wildman–Crippen LogP) is 1.83. The molecule has 3 N–H and O–H groups in total. The van der Waals surface area contributed by atoms with Gasteiger partial charge in [-0.2, -0.15) is 11.8 Å². The van der Waals surface area contributed by atoms with E-state index in [9.17, 15) is 5.11 Å². The summed E-state index contributed by atoms with van der Waals surface area (Å²) in [6.07, 6.45) is 3.59. The first-order chi connectivity index (χ1) is 6.63. The summed E-state index contributed by atoms with van der Waals surface area (Å²) in [5, 5.41) is 11.3. The Morgan fingerprint density at radius 3 is 3.07 bits per heavy atom. The second kappa shape index (κ2) is 3.72. The largest absolute Gasteiger partial charge is 0.383 e. The molecule has 0 spiro atoms. The molecule has 1 aliphatic heterocycles. The molecule has 1 aliphatic rings. The van der Waals surface area contributed by atoms with Gasteiger partial charge in [-0.15, -0.1) is 0 Å². The number of rotatable bonds is 1. The van der Waals surface area contributed by atoms with Crippen LogP contribution in [0, 0.1) is 0 Å². The van der Waals surface area contributed by atoms with E-state index >= 15 is 0 Å². The number of aliphatic hydroxyl groups is 1. The second-order valence-corrected chi connectivity index (χ2v) is 6.11. The monoisotopic (exact) mass is 230 g/mol. The summed E-state index contributed by atoms with van der Waals surface area (Å²) in [7, 11) is 0. The first-order valence-corrected chi connectivity index (χ1v) is 6.55. The van der Waals surface area contributed by atoms with E-state index < -0.39 is 5.60 Å². The van der Waals surface area contributed by atoms with Gasteiger partial charge in [-0.25, -0.2) is 4.98 Å². The SMILES string of the molecule is CC1SCCCC1(O)c1cnc(N)s1. The molecular formula is C9H14N2OS2. The van der Waals surface area contributed by atoms with Crippen LogP contribution in [-0.2, 0) is 5.60 Å². The van der Waals surface area contributed by atoms with E-state index in [2.05, 4.69) is 11.9 Å². The van der Waals surface area contributed by atoms with Crippen molar-refractivity contribution >= 4 is 28.2 Å². The van der Waals surface area contributed by atoms with Crippen LogP contribution in [0.3, 0.4) is 0 Å². The van der Waals surface area contributed by atoms with Crippen LogP contribution in [0.2, 0.25) is 0 Å². The van der Waals surface area contributed by atoms with Crippen LogP contribution in [0.15, 0.2) is 6.20 Å². The van der Waals surface area contributed by atoms with Gasteiger partial charge in [0.25, 0.3) is 0 Å². The number of hydrogen-bond donors (Lipinski definition) is 2. The highest BCUT2D eigenvalue weighted by Gasteiger charge is 2.39. The van der Waals surface area contributed by atoms with Gasteiger partial charge in [-0.1, -0.05) is 18.3 Å². The molecule has 14 heavy (non-hydrogen) atoms. The topological polar surface area (TPSA) is 59.1 Å². The Hall–Kier alpha value is -0.260. The van der Waals surface area contributed by atoms with Gasteiger partial charge >= 0.3 is 0 Å². The summed E-state index contributed by atoms with van der Waals surface area (Å²) in [6.45, 7) is 2.07. The zero-order chi connectivity index (χ0) is 10.2. The van der Waals surface area contributed by atoms with Crippen LogP contribution >= 0.6 is 23.1 Å². The van der Waals surface area contributed by atoms with Gasteiger partial charge in [0, 0.05) is 11.4 Å². The van der Waals surface area contributed by atoms with Crippen LogP contribution in [0.5, 0.6) is 0 Å². The fraction of sp³-hybridized carbons (Fsp3) is 0.667. The Morgan fingerprint density at radius 2 is 2.50 bits per heavy atom. The summed E-state index contributed by atoms with van der Waals surface area (Å²) < 4.78 is 0. The minimum Gasteiger partial charge on any atom is -0.383 e. The van der Waals surface area contributed by atoms with Crippen LogP contribution in [0.25, 0.3) is 0 Å². The van der Waals surface area contributed by atoms with Crippen molar-refractivity contribution in [1.82, 2.24) is 4.98 Å². The summed E-state index contributed by atoms with van der Waals surface area (Å²) in [4.78, 5) is 4.91. The van der Waals surface area contributed by atoms with Gasteiger partial charge in [0.05, 0.1) is 4.88 Å². The normalized spacial score (nSPS) is 33.1. The quantitative estimate of drug-likeness (QED) is 0.772. The van der Waals surface area contributed by atoms with E-state index in [0.717, 1.165) is 23.5 Å². The van der Waals surface area contributed by atoms with Crippen molar-refractivity contribution in [3.8, 4) is 0 Å². The first-order valence-electron chi connectivity index (χ1n) is 4.68. The van der Waals surface area contributed by atoms with Gasteiger partial charge in [-0.05, 0) is 18.6 Å². The molecule has 3 nitrogen and oxygen atoms in total. The number of aromatic nitrogens is 1. The molecule has 2 heterocycles. The van der Waals surface area contributed by atoms with Gasteiger partial charge in [-0.3, -0.25) is 0 Å². The Kier molecular flexibility index (Phi) is 2.72. The van der Waals surface area contributed by atoms with E-state index in [1.54, 1.807) is 6.20 Å². The lowest BCUT2D eigenvalue weighted by Gasteiger charge is -2.36. The van der Waals surface area contributed by atoms with Crippen LogP contribution in [0.4, 0.5) is 5.13 Å². The highest BCUT2D eigenvalue weighted by atomic mass is 32.2. The maximum absolute atomic E-state index is 10.5. The molecule has 1 aromatic rings. The second-order valence-electron chi connectivity index (χ2n) is 3.60. The molecule has 0 saturated carbocycles. The van der Waals surface area contributed by atoms with Gasteiger partial charge in [0.1, 0.15) is 5.60 Å². The van der Waals surface area contributed by atoms with Crippen molar-refractivity contribution in [2.24, 2.45) is 0 Å². The predicted molar refractivity (Wildman–Crippen MR) is 61.6 cm³/mol. The van der Waals surface area contributed by atoms with E-state index in [1.807, 2.05) is 11.8 Å². The number of nitrogen functional groups attached to an aromatic ring is 1. The average molecular weight is 230 g/mol. The number of anilines is 1. The summed E-state index contributed by atoms with van der Waals surface area (Å²) in [5.74, 6) is 1.14. The van der Waals surface area contributed by atoms with E-state index in [4.69, 9.17) is 5.73 Å². The Balaban J connectivity index is 2.29. The lowest BCUT2D eigenvalue weighted by atomic mass is 9.93. The summed E-state index contributed by atoms with van der Waals surface area (Å²) in [5.41, 5.74) is 4.87. The molecule has 2 atom stereocenters. The van der Waals surface area contributed by atoms with E-state index in [1.165, 1.54) is 11.3 Å². The first kappa shape index (κ1) is 10.3. The van der Waals surface area contributed by atoms with Crippen LogP contribution in [-0.4, -0.2) is 21.1 Å². The number of thiazole rings is 1. The minimum atomic E-state index is -0.710. The van der Waals surface area contributed by atoms with Crippen molar-refractivity contribution in [2.45, 2.75) is 30.6 Å². The lowest BCUT2D eigenvalue weighted by molar-refractivity contribution is 0.0289. The molecule has 0 aliphatic carbocycles. The Morgan fingerprint density at radius 1 is 1.71 bits per heavy atom. The van der Waals surface area contributed by atoms with Gasteiger partial charge in [0.2, 0.25) is 0 Å². The molecule has 78 valence electrons. The maximum Gasteiger partial charge on any atom is 0.180 e. The van der Waals surface area contributed by atoms with E-state index in [0.29, 0.717) is 5.13 Å². The standard InChI is InChI=1S/C9H14N2OS2/c1-6-9(12,3-2-4-13-6)7-5-11-8(10)14-7/h5-6,12H,2-4H2,1H3,(H2,10,11). The minimum absolute atomic E-state index is 0.232. The molecule has 0 radical (unpaired) electrons. The van der Waals surface area contributed by atoms with E-state index in [-0.39, 0.29) is 5.25 Å². The van der Waals surface area contributed by atoms with Crippen LogP contribution in [0.1, 0.15) is 24.6 Å². The Labute approximate surface area is 91.7 Å². The number of hydrogen-bond acceptors (Lipinski definition) is 5. The number of thioether (sulfide) groups is 1. The third-order valence-electron chi connectivity index (χ3n) is 2.69. The summed E-state index contributed by atoms with van der Waals surface area (Å²) >= 11 is 3.22. The summed E-state index contributed by atoms with van der Waals surface area (Å²) in [6, 6.07) is 0. The lowest BCUT2D eigenvalue weighted by Crippen LogP contribution is -2.38. The highest BCUT2D eigenvalue weighted by Crippen LogP contribution is 2.43. The van der Waals surface area contributed by atoms with Crippen LogP contribution < -0.4 is 5.73 Å². The Bertz CT molecular complexity index is 328. The average Bonchev–Trinajstić information content (AvgIpc) is 2.58. The van der Waals surface area contributed by atoms with Gasteiger partial charge < -0.3 is 10.8 Å². The molecule has 1 saturated heterocycles. The maximum atomic E-state index is 10.5. The number of nitrogens with zero attached hydrogens (tertiary/aromatic N) is 1. The van der Waals surface area contributed by atoms with Gasteiger partial charge in [0.15, 0.2) is 5.13 Å². The molecule has 2 unspecified atom stereocenters. The van der Waals surface area contributed by atoms with Crippen molar-refractivity contribution in [3.63, 3.8) is 0 Å². The fourth-order valence-electron chi connectivity index (χ4n) is 1.75. The fourth-order valence-corrected chi connectivity index (χ4v) is 3.91. The number of nitrogens with two attached hydrogens (primary N) is 1. The highest BCUT2D eigenvalue weighted by molar-refractivity contribution is 8.00. The molecule has 1 fully saturated rings. The molecule has 0 aromatic carbocycles. The van der Waals surface area contributed by atoms with Crippen molar-refractivity contribution in [3.05, 3.63) is 11.1 Å². The molecule has 5 heteroatoms.